The van der Waals surface area contributed by atoms with Crippen molar-refractivity contribution in [2.24, 2.45) is 11.8 Å². The average Bonchev–Trinajstić information content (AvgIpc) is 3.02. The maximum atomic E-state index is 12.3. The Labute approximate surface area is 138 Å². The van der Waals surface area contributed by atoms with Crippen molar-refractivity contribution in [2.45, 2.75) is 44.8 Å². The Kier molecular flexibility index (Phi) is 5.34. The van der Waals surface area contributed by atoms with E-state index < -0.39 is 5.79 Å². The lowest BCUT2D eigenvalue weighted by atomic mass is 9.73. The average molecular weight is 318 g/mol. The minimum Gasteiger partial charge on any atom is -0.466 e. The van der Waals surface area contributed by atoms with Crippen molar-refractivity contribution in [1.82, 2.24) is 0 Å². The van der Waals surface area contributed by atoms with Gasteiger partial charge < -0.3 is 14.2 Å². The van der Waals surface area contributed by atoms with Crippen LogP contribution in [0.5, 0.6) is 0 Å². The summed E-state index contributed by atoms with van der Waals surface area (Å²) in [5.41, 5.74) is 1.31. The summed E-state index contributed by atoms with van der Waals surface area (Å²) in [6.45, 7) is 3.63. The van der Waals surface area contributed by atoms with Gasteiger partial charge in [0.05, 0.1) is 25.7 Å². The van der Waals surface area contributed by atoms with Crippen molar-refractivity contribution >= 4 is 5.97 Å². The molecule has 0 bridgehead atoms. The smallest absolute Gasteiger partial charge is 0.309 e. The van der Waals surface area contributed by atoms with Gasteiger partial charge in [-0.3, -0.25) is 4.79 Å². The fraction of sp³-hybridized carbons (Fsp3) is 0.632. The molecule has 0 radical (unpaired) electrons. The lowest BCUT2D eigenvalue weighted by Gasteiger charge is -2.40. The highest BCUT2D eigenvalue weighted by Gasteiger charge is 2.47. The number of ether oxygens (including phenoxy) is 3. The van der Waals surface area contributed by atoms with E-state index in [1.807, 2.05) is 13.0 Å². The van der Waals surface area contributed by atoms with Crippen LogP contribution in [0.1, 0.15) is 38.2 Å². The molecule has 1 heterocycles. The van der Waals surface area contributed by atoms with Crippen molar-refractivity contribution in [3.05, 3.63) is 35.9 Å². The van der Waals surface area contributed by atoms with Gasteiger partial charge in [-0.25, -0.2) is 0 Å². The van der Waals surface area contributed by atoms with E-state index in [4.69, 9.17) is 14.2 Å². The zero-order valence-electron chi connectivity index (χ0n) is 13.8. The summed E-state index contributed by atoms with van der Waals surface area (Å²) >= 11 is 0. The van der Waals surface area contributed by atoms with Gasteiger partial charge in [-0.05, 0) is 37.7 Å². The Hall–Kier alpha value is -1.39. The first kappa shape index (κ1) is 16.5. The van der Waals surface area contributed by atoms with Crippen LogP contribution < -0.4 is 0 Å². The minimum absolute atomic E-state index is 0.0305. The Bertz CT molecular complexity index is 507. The molecule has 1 saturated heterocycles. The number of hydrogen-bond donors (Lipinski definition) is 0. The van der Waals surface area contributed by atoms with Crippen LogP contribution in [0.2, 0.25) is 0 Å². The molecule has 1 aromatic carbocycles. The molecule has 1 aromatic rings. The van der Waals surface area contributed by atoms with Gasteiger partial charge in [0, 0.05) is 12.8 Å². The molecule has 2 atom stereocenters. The standard InChI is InChI=1S/C19H26O4/c1-2-21-18(20)17-10-11-19(22-12-13-23-19)14-16(17)9-8-15-6-4-3-5-7-15/h3-7,16-17H,2,8-14H2,1H3/t16-,17-/m1/s1. The van der Waals surface area contributed by atoms with E-state index in [2.05, 4.69) is 24.3 Å². The van der Waals surface area contributed by atoms with Gasteiger partial charge in [0.2, 0.25) is 0 Å². The second-order valence-corrected chi connectivity index (χ2v) is 6.49. The molecule has 2 aliphatic rings. The first-order valence-corrected chi connectivity index (χ1v) is 8.71. The maximum absolute atomic E-state index is 12.3. The van der Waals surface area contributed by atoms with Gasteiger partial charge in [-0.1, -0.05) is 30.3 Å². The molecule has 1 aliphatic carbocycles. The second-order valence-electron chi connectivity index (χ2n) is 6.49. The van der Waals surface area contributed by atoms with Gasteiger partial charge in [-0.2, -0.15) is 0 Å². The van der Waals surface area contributed by atoms with Gasteiger partial charge in [0.1, 0.15) is 0 Å². The number of rotatable bonds is 5. The number of hydrogen-bond acceptors (Lipinski definition) is 4. The van der Waals surface area contributed by atoms with Crippen molar-refractivity contribution in [3.63, 3.8) is 0 Å². The fourth-order valence-corrected chi connectivity index (χ4v) is 3.87. The number of carbonyl (C=O) groups excluding carboxylic acids is 1. The first-order chi connectivity index (χ1) is 11.2. The quantitative estimate of drug-likeness (QED) is 0.781. The number of benzene rings is 1. The fourth-order valence-electron chi connectivity index (χ4n) is 3.87. The molecule has 126 valence electrons. The molecule has 0 amide bonds. The summed E-state index contributed by atoms with van der Waals surface area (Å²) < 4.78 is 17.0. The summed E-state index contributed by atoms with van der Waals surface area (Å²) in [6.07, 6.45) is 4.30. The van der Waals surface area contributed by atoms with E-state index in [0.29, 0.717) is 19.8 Å². The van der Waals surface area contributed by atoms with E-state index in [9.17, 15) is 4.79 Å². The zero-order chi connectivity index (χ0) is 16.1. The van der Waals surface area contributed by atoms with E-state index in [0.717, 1.165) is 32.1 Å². The van der Waals surface area contributed by atoms with Gasteiger partial charge in [0.25, 0.3) is 0 Å². The summed E-state index contributed by atoms with van der Waals surface area (Å²) in [5, 5.41) is 0. The highest BCUT2D eigenvalue weighted by atomic mass is 16.7. The number of aryl methyl sites for hydroxylation is 1. The van der Waals surface area contributed by atoms with Gasteiger partial charge >= 0.3 is 5.97 Å². The predicted octanol–water partition coefficient (Wildman–Crippen LogP) is 3.34. The number of esters is 1. The molecule has 3 rings (SSSR count). The molecule has 0 N–H and O–H groups in total. The topological polar surface area (TPSA) is 44.8 Å². The molecule has 1 saturated carbocycles. The van der Waals surface area contributed by atoms with E-state index in [1.165, 1.54) is 5.56 Å². The van der Waals surface area contributed by atoms with Crippen molar-refractivity contribution in [2.75, 3.05) is 19.8 Å². The third-order valence-electron chi connectivity index (χ3n) is 5.03. The predicted molar refractivity (Wildman–Crippen MR) is 86.9 cm³/mol. The SMILES string of the molecule is CCOC(=O)[C@@H]1CCC2(C[C@H]1CCc1ccccc1)OCCO2. The third-order valence-corrected chi connectivity index (χ3v) is 5.03. The Morgan fingerprint density at radius 2 is 2.00 bits per heavy atom. The molecule has 1 spiro atoms. The van der Waals surface area contributed by atoms with Crippen LogP contribution in [0.3, 0.4) is 0 Å². The lowest BCUT2D eigenvalue weighted by Crippen LogP contribution is -2.43. The normalized spacial score (nSPS) is 26.3. The minimum atomic E-state index is -0.454. The second kappa shape index (κ2) is 7.45. The van der Waals surface area contributed by atoms with Crippen molar-refractivity contribution in [3.8, 4) is 0 Å². The highest BCUT2D eigenvalue weighted by Crippen LogP contribution is 2.43. The van der Waals surface area contributed by atoms with Crippen LogP contribution in [-0.2, 0) is 25.4 Å². The van der Waals surface area contributed by atoms with Crippen molar-refractivity contribution in [1.29, 1.82) is 0 Å². The molecule has 1 aliphatic heterocycles. The van der Waals surface area contributed by atoms with E-state index in [-0.39, 0.29) is 17.8 Å². The Morgan fingerprint density at radius 1 is 1.26 bits per heavy atom. The largest absolute Gasteiger partial charge is 0.466 e. The molecule has 4 heteroatoms. The molecule has 2 fully saturated rings. The Morgan fingerprint density at radius 3 is 2.70 bits per heavy atom. The summed E-state index contributed by atoms with van der Waals surface area (Å²) in [4.78, 5) is 12.3. The Balaban J connectivity index is 1.68. The molecular weight excluding hydrogens is 292 g/mol. The van der Waals surface area contributed by atoms with Crippen LogP contribution >= 0.6 is 0 Å². The summed E-state index contributed by atoms with van der Waals surface area (Å²) in [5.74, 6) is -0.290. The third kappa shape index (κ3) is 3.93. The monoisotopic (exact) mass is 318 g/mol. The van der Waals surface area contributed by atoms with Gasteiger partial charge in [-0.15, -0.1) is 0 Å². The molecule has 0 unspecified atom stereocenters. The molecular formula is C19H26O4. The van der Waals surface area contributed by atoms with Crippen LogP contribution in [0, 0.1) is 11.8 Å². The molecule has 4 nitrogen and oxygen atoms in total. The lowest BCUT2D eigenvalue weighted by molar-refractivity contribution is -0.200. The van der Waals surface area contributed by atoms with E-state index in [1.54, 1.807) is 0 Å². The summed E-state index contributed by atoms with van der Waals surface area (Å²) in [6, 6.07) is 10.4. The van der Waals surface area contributed by atoms with Crippen LogP contribution in [0.25, 0.3) is 0 Å². The molecule has 23 heavy (non-hydrogen) atoms. The van der Waals surface area contributed by atoms with Crippen LogP contribution in [0.15, 0.2) is 30.3 Å². The maximum Gasteiger partial charge on any atom is 0.309 e. The number of carbonyl (C=O) groups is 1. The van der Waals surface area contributed by atoms with Crippen molar-refractivity contribution < 1.29 is 19.0 Å². The zero-order valence-corrected chi connectivity index (χ0v) is 13.8. The summed E-state index contributed by atoms with van der Waals surface area (Å²) in [7, 11) is 0. The van der Waals surface area contributed by atoms with Crippen LogP contribution in [0.4, 0.5) is 0 Å². The van der Waals surface area contributed by atoms with Crippen LogP contribution in [-0.4, -0.2) is 31.6 Å². The van der Waals surface area contributed by atoms with E-state index >= 15 is 0 Å². The first-order valence-electron chi connectivity index (χ1n) is 8.71. The highest BCUT2D eigenvalue weighted by molar-refractivity contribution is 5.73. The van der Waals surface area contributed by atoms with Gasteiger partial charge in [0.15, 0.2) is 5.79 Å². The molecule has 0 aromatic heterocycles.